The zero-order valence-corrected chi connectivity index (χ0v) is 22.0. The molecule has 0 radical (unpaired) electrons. The van der Waals surface area contributed by atoms with Crippen LogP contribution in [0.25, 0.3) is 33.5 Å². The molecule has 0 unspecified atom stereocenters. The van der Waals surface area contributed by atoms with Crippen LogP contribution >= 0.6 is 0 Å². The number of amides is 1. The Morgan fingerprint density at radius 3 is 2.77 bits per heavy atom. The standard InChI is InChI=1S/C25H32N6O3Si/c1-6-9-26-25(33)19-14-31(16-34-10-11-35(3,4)5)24-23(19)28-20(13-27-24)22-18-12-17(15-32)7-8-21(18)30(2)29-22/h7-8,12-15H,6,9-11,16H2,1-5H3,(H,26,33). The van der Waals surface area contributed by atoms with Gasteiger partial charge >= 0.3 is 0 Å². The van der Waals surface area contributed by atoms with Gasteiger partial charge in [-0.1, -0.05) is 26.6 Å². The van der Waals surface area contributed by atoms with E-state index in [0.29, 0.717) is 53.6 Å². The Kier molecular flexibility index (Phi) is 7.13. The van der Waals surface area contributed by atoms with Gasteiger partial charge in [0.05, 0.1) is 17.3 Å². The average molecular weight is 493 g/mol. The van der Waals surface area contributed by atoms with Crippen molar-refractivity contribution in [3.63, 3.8) is 0 Å². The molecule has 3 aromatic heterocycles. The average Bonchev–Trinajstić information content (AvgIpc) is 3.36. The van der Waals surface area contributed by atoms with Gasteiger partial charge in [-0.05, 0) is 30.7 Å². The number of aldehydes is 1. The zero-order chi connectivity index (χ0) is 25.2. The normalized spacial score (nSPS) is 11.9. The van der Waals surface area contributed by atoms with Gasteiger partial charge in [0, 0.05) is 45.4 Å². The van der Waals surface area contributed by atoms with E-state index >= 15 is 0 Å². The number of nitrogens with zero attached hydrogens (tertiary/aromatic N) is 5. The van der Waals surface area contributed by atoms with Crippen LogP contribution in [0.4, 0.5) is 0 Å². The molecule has 0 fully saturated rings. The maximum absolute atomic E-state index is 13.0. The van der Waals surface area contributed by atoms with Crippen molar-refractivity contribution in [1.29, 1.82) is 0 Å². The minimum absolute atomic E-state index is 0.196. The third kappa shape index (κ3) is 5.33. The first-order valence-corrected chi connectivity index (χ1v) is 15.6. The molecule has 0 aliphatic carbocycles. The molecule has 0 saturated heterocycles. The van der Waals surface area contributed by atoms with Crippen LogP contribution in [-0.4, -0.2) is 57.7 Å². The summed E-state index contributed by atoms with van der Waals surface area (Å²) in [5.74, 6) is -0.196. The first-order chi connectivity index (χ1) is 16.7. The number of ether oxygens (including phenoxy) is 1. The summed E-state index contributed by atoms with van der Waals surface area (Å²) < 4.78 is 9.51. The molecule has 0 spiro atoms. The molecule has 3 heterocycles. The largest absolute Gasteiger partial charge is 0.361 e. The van der Waals surface area contributed by atoms with Crippen molar-refractivity contribution in [2.75, 3.05) is 13.2 Å². The molecule has 0 aliphatic rings. The van der Waals surface area contributed by atoms with Crippen LogP contribution in [0.3, 0.4) is 0 Å². The first-order valence-electron chi connectivity index (χ1n) is 11.9. The predicted octanol–water partition coefficient (Wildman–Crippen LogP) is 4.25. The van der Waals surface area contributed by atoms with Gasteiger partial charge in [-0.3, -0.25) is 14.3 Å². The van der Waals surface area contributed by atoms with Crippen molar-refractivity contribution in [1.82, 2.24) is 29.6 Å². The Balaban J connectivity index is 1.76. The highest BCUT2D eigenvalue weighted by Crippen LogP contribution is 2.29. The van der Waals surface area contributed by atoms with Crippen molar-refractivity contribution in [3.8, 4) is 11.4 Å². The molecule has 4 aromatic rings. The van der Waals surface area contributed by atoms with E-state index in [-0.39, 0.29) is 5.91 Å². The Morgan fingerprint density at radius 1 is 1.26 bits per heavy atom. The minimum atomic E-state index is -1.21. The topological polar surface area (TPSA) is 104 Å². The number of fused-ring (bicyclic) bond motifs is 2. The van der Waals surface area contributed by atoms with Crippen LogP contribution in [0.1, 0.15) is 34.1 Å². The summed E-state index contributed by atoms with van der Waals surface area (Å²) in [5, 5.41) is 8.36. The van der Waals surface area contributed by atoms with E-state index in [0.717, 1.165) is 29.7 Å². The van der Waals surface area contributed by atoms with Crippen LogP contribution in [0.5, 0.6) is 0 Å². The second-order valence-corrected chi connectivity index (χ2v) is 15.5. The van der Waals surface area contributed by atoms with Crippen LogP contribution in [0.15, 0.2) is 30.6 Å². The van der Waals surface area contributed by atoms with Crippen LogP contribution < -0.4 is 5.32 Å². The third-order valence-corrected chi connectivity index (χ3v) is 7.53. The van der Waals surface area contributed by atoms with Gasteiger partial charge in [0.25, 0.3) is 5.91 Å². The van der Waals surface area contributed by atoms with Gasteiger partial charge in [0.1, 0.15) is 29.9 Å². The molecule has 4 rings (SSSR count). The Labute approximate surface area is 205 Å². The van der Waals surface area contributed by atoms with Gasteiger partial charge in [-0.2, -0.15) is 5.10 Å². The van der Waals surface area contributed by atoms with Crippen molar-refractivity contribution in [2.24, 2.45) is 7.05 Å². The lowest BCUT2D eigenvalue weighted by Crippen LogP contribution is -2.24. The van der Waals surface area contributed by atoms with Crippen molar-refractivity contribution >= 4 is 42.3 Å². The smallest absolute Gasteiger partial charge is 0.255 e. The summed E-state index contributed by atoms with van der Waals surface area (Å²) in [6, 6.07) is 6.47. The highest BCUT2D eigenvalue weighted by Gasteiger charge is 2.21. The van der Waals surface area contributed by atoms with E-state index in [1.807, 2.05) is 24.6 Å². The summed E-state index contributed by atoms with van der Waals surface area (Å²) in [5.41, 5.74) is 4.11. The lowest BCUT2D eigenvalue weighted by atomic mass is 10.1. The molecular weight excluding hydrogens is 460 g/mol. The molecule has 184 valence electrons. The number of benzene rings is 1. The van der Waals surface area contributed by atoms with Crippen LogP contribution in [0, 0.1) is 0 Å². The number of aryl methyl sites for hydroxylation is 1. The maximum atomic E-state index is 13.0. The lowest BCUT2D eigenvalue weighted by molar-refractivity contribution is 0.0892. The number of hydrogen-bond donors (Lipinski definition) is 1. The van der Waals surface area contributed by atoms with Crippen LogP contribution in [-0.2, 0) is 18.5 Å². The molecular formula is C25H32N6O3Si. The van der Waals surface area contributed by atoms with E-state index in [4.69, 9.17) is 9.72 Å². The zero-order valence-electron chi connectivity index (χ0n) is 21.0. The summed E-state index contributed by atoms with van der Waals surface area (Å²) >= 11 is 0. The van der Waals surface area contributed by atoms with Gasteiger partial charge < -0.3 is 14.6 Å². The Hall–Kier alpha value is -3.37. The second kappa shape index (κ2) is 10.1. The van der Waals surface area contributed by atoms with Gasteiger partial charge in [0.2, 0.25) is 0 Å². The van der Waals surface area contributed by atoms with E-state index in [1.54, 1.807) is 29.2 Å². The first kappa shape index (κ1) is 24.7. The third-order valence-electron chi connectivity index (χ3n) is 5.83. The number of aromatic nitrogens is 5. The highest BCUT2D eigenvalue weighted by atomic mass is 28.3. The molecule has 10 heteroatoms. The number of nitrogens with one attached hydrogen (secondary N) is 1. The maximum Gasteiger partial charge on any atom is 0.255 e. The summed E-state index contributed by atoms with van der Waals surface area (Å²) in [4.78, 5) is 33.8. The van der Waals surface area contributed by atoms with Gasteiger partial charge in [-0.25, -0.2) is 9.97 Å². The fourth-order valence-corrected chi connectivity index (χ4v) is 4.61. The number of carbonyl (C=O) groups is 2. The molecule has 0 atom stereocenters. The monoisotopic (exact) mass is 492 g/mol. The molecule has 0 saturated carbocycles. The molecule has 9 nitrogen and oxygen atoms in total. The Bertz CT molecular complexity index is 1390. The SMILES string of the molecule is CCCNC(=O)c1cn(COCC[Si](C)(C)C)c2ncc(-c3nn(C)c4ccc(C=O)cc34)nc12. The Morgan fingerprint density at radius 2 is 2.06 bits per heavy atom. The van der Waals surface area contributed by atoms with E-state index in [9.17, 15) is 9.59 Å². The summed E-state index contributed by atoms with van der Waals surface area (Å²) in [6.07, 6.45) is 5.06. The molecule has 1 N–H and O–H groups in total. The minimum Gasteiger partial charge on any atom is -0.361 e. The molecule has 0 bridgehead atoms. The van der Waals surface area contributed by atoms with Crippen molar-refractivity contribution in [2.45, 2.75) is 45.8 Å². The number of carbonyl (C=O) groups excluding carboxylic acids is 2. The van der Waals surface area contributed by atoms with E-state index in [2.05, 4.69) is 35.0 Å². The van der Waals surface area contributed by atoms with E-state index < -0.39 is 8.07 Å². The summed E-state index contributed by atoms with van der Waals surface area (Å²) in [6.45, 7) is 10.5. The lowest BCUT2D eigenvalue weighted by Gasteiger charge is -2.15. The van der Waals surface area contributed by atoms with Gasteiger partial charge in [-0.15, -0.1) is 0 Å². The number of hydrogen-bond acceptors (Lipinski definition) is 6. The quantitative estimate of drug-likeness (QED) is 0.202. The summed E-state index contributed by atoms with van der Waals surface area (Å²) in [7, 11) is 0.637. The molecule has 1 aromatic carbocycles. The molecule has 1 amide bonds. The molecule has 0 aliphatic heterocycles. The van der Waals surface area contributed by atoms with Crippen LogP contribution in [0.2, 0.25) is 25.7 Å². The van der Waals surface area contributed by atoms with Crippen molar-refractivity contribution < 1.29 is 14.3 Å². The highest BCUT2D eigenvalue weighted by molar-refractivity contribution is 6.76. The fourth-order valence-electron chi connectivity index (χ4n) is 3.85. The predicted molar refractivity (Wildman–Crippen MR) is 139 cm³/mol. The molecule has 35 heavy (non-hydrogen) atoms. The van der Waals surface area contributed by atoms with E-state index in [1.165, 1.54) is 0 Å². The second-order valence-electron chi connectivity index (χ2n) is 9.91. The number of rotatable bonds is 10. The van der Waals surface area contributed by atoms with Crippen molar-refractivity contribution in [3.05, 3.63) is 41.7 Å². The fraction of sp³-hybridized carbons (Fsp3) is 0.400. The van der Waals surface area contributed by atoms with Gasteiger partial charge in [0.15, 0.2) is 5.65 Å².